The fourth-order valence-electron chi connectivity index (χ4n) is 3.00. The van der Waals surface area contributed by atoms with Gasteiger partial charge in [0, 0.05) is 24.2 Å². The van der Waals surface area contributed by atoms with Crippen LogP contribution in [-0.4, -0.2) is 11.0 Å². The number of hydrogen-bond donors (Lipinski definition) is 1. The van der Waals surface area contributed by atoms with Crippen LogP contribution in [0.15, 0.2) is 11.6 Å². The first-order chi connectivity index (χ1) is 8.16. The lowest BCUT2D eigenvalue weighted by Crippen LogP contribution is -2.42. The summed E-state index contributed by atoms with van der Waals surface area (Å²) in [5, 5.41) is 7.00. The van der Waals surface area contributed by atoms with Gasteiger partial charge in [0.05, 0.1) is 0 Å². The second-order valence-corrected chi connectivity index (χ2v) is 6.72. The van der Waals surface area contributed by atoms with Gasteiger partial charge in [-0.2, -0.15) is 0 Å². The Bertz CT molecular complexity index is 321. The molecule has 1 aliphatic rings. The lowest BCUT2D eigenvalue weighted by atomic mass is 9.74. The molecule has 0 bridgehead atoms. The Labute approximate surface area is 109 Å². The van der Waals surface area contributed by atoms with Crippen molar-refractivity contribution >= 4 is 11.3 Å². The van der Waals surface area contributed by atoms with Crippen LogP contribution in [0, 0.1) is 17.8 Å². The molecular weight excluding hydrogens is 228 g/mol. The van der Waals surface area contributed by atoms with E-state index in [9.17, 15) is 0 Å². The number of nitrogens with one attached hydrogen (secondary N) is 1. The van der Waals surface area contributed by atoms with Gasteiger partial charge < -0.3 is 5.32 Å². The van der Waals surface area contributed by atoms with Crippen LogP contribution in [0.1, 0.15) is 45.0 Å². The van der Waals surface area contributed by atoms with Crippen molar-refractivity contribution in [3.8, 4) is 0 Å². The molecule has 0 amide bonds. The van der Waals surface area contributed by atoms with Gasteiger partial charge in [0.25, 0.3) is 0 Å². The molecule has 17 heavy (non-hydrogen) atoms. The summed E-state index contributed by atoms with van der Waals surface area (Å²) in [6, 6.07) is 0.683. The standard InChI is InChI=1S/C14H24N2S/c1-10(2)12-5-4-11(3)8-13(12)16-9-14-15-6-7-17-14/h6-7,10-13,16H,4-5,8-9H2,1-3H3. The highest BCUT2D eigenvalue weighted by Gasteiger charge is 2.30. The molecule has 1 aliphatic carbocycles. The summed E-state index contributed by atoms with van der Waals surface area (Å²) in [5.41, 5.74) is 0. The minimum Gasteiger partial charge on any atom is -0.307 e. The van der Waals surface area contributed by atoms with Crippen LogP contribution in [-0.2, 0) is 6.54 Å². The highest BCUT2D eigenvalue weighted by atomic mass is 32.1. The van der Waals surface area contributed by atoms with Gasteiger partial charge in [-0.25, -0.2) is 4.98 Å². The van der Waals surface area contributed by atoms with Crippen molar-refractivity contribution in [3.05, 3.63) is 16.6 Å². The largest absolute Gasteiger partial charge is 0.307 e. The van der Waals surface area contributed by atoms with Crippen molar-refractivity contribution < 1.29 is 0 Å². The van der Waals surface area contributed by atoms with E-state index in [4.69, 9.17) is 0 Å². The fraction of sp³-hybridized carbons (Fsp3) is 0.786. The van der Waals surface area contributed by atoms with Gasteiger partial charge in [-0.15, -0.1) is 11.3 Å². The summed E-state index contributed by atoms with van der Waals surface area (Å²) in [5.74, 6) is 2.50. The molecule has 3 heteroatoms. The van der Waals surface area contributed by atoms with Gasteiger partial charge in [-0.1, -0.05) is 27.2 Å². The van der Waals surface area contributed by atoms with Crippen LogP contribution in [0.5, 0.6) is 0 Å². The fourth-order valence-corrected chi connectivity index (χ4v) is 3.56. The van der Waals surface area contributed by atoms with Gasteiger partial charge in [-0.05, 0) is 30.6 Å². The molecule has 1 fully saturated rings. The zero-order valence-electron chi connectivity index (χ0n) is 11.1. The summed E-state index contributed by atoms with van der Waals surface area (Å²) in [4.78, 5) is 4.35. The van der Waals surface area contributed by atoms with Crippen molar-refractivity contribution in [2.24, 2.45) is 17.8 Å². The Morgan fingerprint density at radius 1 is 1.47 bits per heavy atom. The monoisotopic (exact) mass is 252 g/mol. The molecule has 2 rings (SSSR count). The van der Waals surface area contributed by atoms with E-state index < -0.39 is 0 Å². The molecule has 3 unspecified atom stereocenters. The van der Waals surface area contributed by atoms with E-state index in [1.807, 2.05) is 6.20 Å². The molecule has 0 saturated heterocycles. The first-order valence-corrected chi connectivity index (χ1v) is 7.66. The summed E-state index contributed by atoms with van der Waals surface area (Å²) >= 11 is 1.75. The highest BCUT2D eigenvalue weighted by Crippen LogP contribution is 2.33. The minimum atomic E-state index is 0.683. The molecule has 1 N–H and O–H groups in total. The van der Waals surface area contributed by atoms with E-state index in [0.29, 0.717) is 6.04 Å². The molecule has 0 spiro atoms. The van der Waals surface area contributed by atoms with Crippen LogP contribution in [0.3, 0.4) is 0 Å². The Morgan fingerprint density at radius 3 is 2.94 bits per heavy atom. The third-order valence-electron chi connectivity index (χ3n) is 4.02. The SMILES string of the molecule is CC1CCC(C(C)C)C(NCc2nccs2)C1. The zero-order valence-corrected chi connectivity index (χ0v) is 12.0. The minimum absolute atomic E-state index is 0.683. The van der Waals surface area contributed by atoms with Crippen LogP contribution >= 0.6 is 11.3 Å². The predicted octanol–water partition coefficient (Wildman–Crippen LogP) is 3.69. The Hall–Kier alpha value is -0.410. The van der Waals surface area contributed by atoms with Gasteiger partial charge in [0.2, 0.25) is 0 Å². The van der Waals surface area contributed by atoms with Gasteiger partial charge in [0.1, 0.15) is 5.01 Å². The van der Waals surface area contributed by atoms with Crippen LogP contribution < -0.4 is 5.32 Å². The number of hydrogen-bond acceptors (Lipinski definition) is 3. The van der Waals surface area contributed by atoms with Crippen LogP contribution in [0.25, 0.3) is 0 Å². The third-order valence-corrected chi connectivity index (χ3v) is 4.80. The number of thiazole rings is 1. The number of rotatable bonds is 4. The van der Waals surface area contributed by atoms with Crippen molar-refractivity contribution in [1.82, 2.24) is 10.3 Å². The Kier molecular flexibility index (Phi) is 4.57. The Balaban J connectivity index is 1.90. The second-order valence-electron chi connectivity index (χ2n) is 5.74. The molecule has 1 aromatic rings. The van der Waals surface area contributed by atoms with E-state index in [1.54, 1.807) is 11.3 Å². The topological polar surface area (TPSA) is 24.9 Å². The average Bonchev–Trinajstić information content (AvgIpc) is 2.78. The molecule has 0 aromatic carbocycles. The maximum absolute atomic E-state index is 4.35. The Morgan fingerprint density at radius 2 is 2.29 bits per heavy atom. The van der Waals surface area contributed by atoms with Crippen molar-refractivity contribution in [1.29, 1.82) is 0 Å². The zero-order chi connectivity index (χ0) is 12.3. The molecule has 3 atom stereocenters. The van der Waals surface area contributed by atoms with Crippen molar-refractivity contribution in [2.45, 2.75) is 52.6 Å². The molecule has 96 valence electrons. The lowest BCUT2D eigenvalue weighted by Gasteiger charge is -2.37. The van der Waals surface area contributed by atoms with Gasteiger partial charge >= 0.3 is 0 Å². The smallest absolute Gasteiger partial charge is 0.106 e. The highest BCUT2D eigenvalue weighted by molar-refractivity contribution is 7.09. The molecule has 1 heterocycles. The van der Waals surface area contributed by atoms with E-state index in [-0.39, 0.29) is 0 Å². The maximum Gasteiger partial charge on any atom is 0.106 e. The first-order valence-electron chi connectivity index (χ1n) is 6.78. The van der Waals surface area contributed by atoms with E-state index >= 15 is 0 Å². The van der Waals surface area contributed by atoms with Gasteiger partial charge in [-0.3, -0.25) is 0 Å². The molecule has 1 saturated carbocycles. The predicted molar refractivity (Wildman–Crippen MR) is 74.1 cm³/mol. The number of nitrogens with zero attached hydrogens (tertiary/aromatic N) is 1. The van der Waals surface area contributed by atoms with E-state index in [0.717, 1.165) is 24.3 Å². The van der Waals surface area contributed by atoms with Crippen molar-refractivity contribution in [2.75, 3.05) is 0 Å². The normalized spacial score (nSPS) is 29.8. The van der Waals surface area contributed by atoms with Crippen molar-refractivity contribution in [3.63, 3.8) is 0 Å². The van der Waals surface area contributed by atoms with Gasteiger partial charge in [0.15, 0.2) is 0 Å². The average molecular weight is 252 g/mol. The summed E-state index contributed by atoms with van der Waals surface area (Å²) < 4.78 is 0. The molecule has 0 radical (unpaired) electrons. The lowest BCUT2D eigenvalue weighted by molar-refractivity contribution is 0.169. The van der Waals surface area contributed by atoms with Crippen LogP contribution in [0.2, 0.25) is 0 Å². The summed E-state index contributed by atoms with van der Waals surface area (Å²) in [6.07, 6.45) is 6.01. The molecular formula is C14H24N2S. The van der Waals surface area contributed by atoms with E-state index in [2.05, 4.69) is 36.5 Å². The second kappa shape index (κ2) is 5.96. The van der Waals surface area contributed by atoms with E-state index in [1.165, 1.54) is 24.3 Å². The first kappa shape index (κ1) is 13.0. The maximum atomic E-state index is 4.35. The molecule has 2 nitrogen and oxygen atoms in total. The third kappa shape index (κ3) is 3.52. The molecule has 0 aliphatic heterocycles. The summed E-state index contributed by atoms with van der Waals surface area (Å²) in [7, 11) is 0. The quantitative estimate of drug-likeness (QED) is 0.884. The number of aromatic nitrogens is 1. The molecule has 1 aromatic heterocycles. The summed E-state index contributed by atoms with van der Waals surface area (Å²) in [6.45, 7) is 8.05. The van der Waals surface area contributed by atoms with Crippen LogP contribution in [0.4, 0.5) is 0 Å².